The molecule has 2 atom stereocenters. The highest BCUT2D eigenvalue weighted by molar-refractivity contribution is 7.86. The second kappa shape index (κ2) is 6.74. The lowest BCUT2D eigenvalue weighted by atomic mass is 10.3. The summed E-state index contributed by atoms with van der Waals surface area (Å²) in [6.07, 6.45) is 2.42. The Labute approximate surface area is 104 Å². The van der Waals surface area contributed by atoms with Gasteiger partial charge in [-0.05, 0) is 18.8 Å². The van der Waals surface area contributed by atoms with Crippen molar-refractivity contribution in [3.8, 4) is 0 Å². The Hall–Kier alpha value is -0.910. The van der Waals surface area contributed by atoms with Crippen molar-refractivity contribution in [3.63, 3.8) is 0 Å². The van der Waals surface area contributed by atoms with Gasteiger partial charge >= 0.3 is 5.97 Å². The van der Waals surface area contributed by atoms with Crippen molar-refractivity contribution in [1.29, 1.82) is 0 Å². The van der Waals surface area contributed by atoms with E-state index >= 15 is 0 Å². The zero-order valence-electron chi connectivity index (χ0n) is 10.2. The largest absolute Gasteiger partial charge is 0.469 e. The van der Waals surface area contributed by atoms with Crippen LogP contribution in [0.4, 0.5) is 0 Å². The Balaban J connectivity index is 2.21. The molecule has 0 spiro atoms. The maximum Gasteiger partial charge on any atom is 0.306 e. The fourth-order valence-corrected chi connectivity index (χ4v) is 2.28. The summed E-state index contributed by atoms with van der Waals surface area (Å²) >= 11 is 0. The lowest BCUT2D eigenvalue weighted by Crippen LogP contribution is -2.32. The highest BCUT2D eigenvalue weighted by Crippen LogP contribution is 2.27. The number of hydrogen-bond donors (Lipinski definition) is 1. The zero-order chi connectivity index (χ0) is 12.8. The molecular formula is C11H19NO4S. The average Bonchev–Trinajstić information content (AvgIpc) is 3.09. The highest BCUT2D eigenvalue weighted by atomic mass is 32.2. The molecule has 0 aromatic carbocycles. The normalized spacial score (nSPS) is 18.2. The third-order valence-electron chi connectivity index (χ3n) is 2.69. The van der Waals surface area contributed by atoms with Crippen LogP contribution in [0.5, 0.6) is 0 Å². The number of hydrogen-bond acceptors (Lipinski definition) is 4. The molecule has 0 aromatic rings. The molecule has 6 heteroatoms. The molecule has 1 rings (SSSR count). The summed E-state index contributed by atoms with van der Waals surface area (Å²) in [6.45, 7) is 2.36. The number of nitrogens with one attached hydrogen (secondary N) is 1. The van der Waals surface area contributed by atoms with Crippen molar-refractivity contribution in [1.82, 2.24) is 5.32 Å². The minimum absolute atomic E-state index is 0.0368. The van der Waals surface area contributed by atoms with Crippen molar-refractivity contribution in [2.45, 2.75) is 31.4 Å². The first kappa shape index (κ1) is 14.2. The minimum atomic E-state index is -1.32. The fraction of sp³-hybridized carbons (Fsp3) is 0.818. The van der Waals surface area contributed by atoms with E-state index < -0.39 is 16.8 Å². The number of esters is 1. The maximum absolute atomic E-state index is 11.7. The predicted octanol–water partition coefficient (Wildman–Crippen LogP) is 0.213. The fourth-order valence-electron chi connectivity index (χ4n) is 1.31. The van der Waals surface area contributed by atoms with E-state index in [0.29, 0.717) is 12.5 Å². The van der Waals surface area contributed by atoms with Gasteiger partial charge in [0.05, 0.1) is 13.5 Å². The van der Waals surface area contributed by atoms with Crippen molar-refractivity contribution in [2.24, 2.45) is 5.92 Å². The predicted molar refractivity (Wildman–Crippen MR) is 64.8 cm³/mol. The number of rotatable bonds is 7. The molecule has 0 saturated heterocycles. The molecule has 0 aromatic heterocycles. The molecule has 0 aliphatic heterocycles. The van der Waals surface area contributed by atoms with Gasteiger partial charge in [0.25, 0.3) is 0 Å². The summed E-state index contributed by atoms with van der Waals surface area (Å²) in [7, 11) is -0.0322. The van der Waals surface area contributed by atoms with Gasteiger partial charge in [-0.3, -0.25) is 13.8 Å². The van der Waals surface area contributed by atoms with Gasteiger partial charge < -0.3 is 10.1 Å². The molecule has 1 aliphatic carbocycles. The topological polar surface area (TPSA) is 72.5 Å². The van der Waals surface area contributed by atoms with Crippen LogP contribution in [-0.4, -0.2) is 40.7 Å². The van der Waals surface area contributed by atoms with Crippen LogP contribution < -0.4 is 5.32 Å². The van der Waals surface area contributed by atoms with Crippen LogP contribution in [0.15, 0.2) is 0 Å². The Morgan fingerprint density at radius 3 is 2.65 bits per heavy atom. The van der Waals surface area contributed by atoms with E-state index in [2.05, 4.69) is 10.1 Å². The molecule has 17 heavy (non-hydrogen) atoms. The Kier molecular flexibility index (Phi) is 5.61. The highest BCUT2D eigenvalue weighted by Gasteiger charge is 2.23. The lowest BCUT2D eigenvalue weighted by molar-refractivity contribution is -0.140. The Morgan fingerprint density at radius 2 is 2.12 bits per heavy atom. The van der Waals surface area contributed by atoms with Gasteiger partial charge in [0, 0.05) is 22.6 Å². The maximum atomic E-state index is 11.7. The van der Waals surface area contributed by atoms with E-state index in [4.69, 9.17) is 0 Å². The van der Waals surface area contributed by atoms with Crippen molar-refractivity contribution in [2.75, 3.05) is 19.4 Å². The van der Waals surface area contributed by atoms with Gasteiger partial charge in [0.1, 0.15) is 5.75 Å². The van der Waals surface area contributed by atoms with Crippen LogP contribution in [0.1, 0.15) is 26.2 Å². The molecule has 2 unspecified atom stereocenters. The average molecular weight is 261 g/mol. The summed E-state index contributed by atoms with van der Waals surface area (Å²) in [5, 5.41) is 2.40. The second-order valence-corrected chi connectivity index (χ2v) is 6.22. The quantitative estimate of drug-likeness (QED) is 0.665. The molecule has 5 nitrogen and oxygen atoms in total. The van der Waals surface area contributed by atoms with E-state index in [1.54, 1.807) is 6.92 Å². The van der Waals surface area contributed by atoms with Gasteiger partial charge in [0.15, 0.2) is 0 Å². The van der Waals surface area contributed by atoms with E-state index in [-0.39, 0.29) is 23.3 Å². The van der Waals surface area contributed by atoms with Crippen LogP contribution in [-0.2, 0) is 25.1 Å². The third kappa shape index (κ3) is 5.81. The molecule has 0 bridgehead atoms. The molecule has 0 heterocycles. The van der Waals surface area contributed by atoms with Gasteiger partial charge in [0.2, 0.25) is 5.91 Å². The molecule has 1 saturated carbocycles. The number of methoxy groups -OCH3 is 1. The van der Waals surface area contributed by atoms with Crippen LogP contribution in [0, 0.1) is 5.92 Å². The number of amides is 1. The summed E-state index contributed by atoms with van der Waals surface area (Å²) < 4.78 is 16.2. The third-order valence-corrected chi connectivity index (χ3v) is 4.30. The minimum Gasteiger partial charge on any atom is -0.469 e. The molecule has 1 fully saturated rings. The summed E-state index contributed by atoms with van der Waals surface area (Å²) in [5.74, 6) is -0.0266. The number of carbonyl (C=O) groups is 2. The SMILES string of the molecule is COC(=O)CC(C)S(=O)CC(=O)NCC1CC1. The van der Waals surface area contributed by atoms with E-state index in [1.165, 1.54) is 20.0 Å². The molecule has 1 amide bonds. The van der Waals surface area contributed by atoms with Crippen molar-refractivity contribution < 1.29 is 18.5 Å². The molecule has 1 aliphatic rings. The monoisotopic (exact) mass is 261 g/mol. The van der Waals surface area contributed by atoms with Crippen LogP contribution in [0.2, 0.25) is 0 Å². The van der Waals surface area contributed by atoms with Crippen LogP contribution in [0.25, 0.3) is 0 Å². The first-order chi connectivity index (χ1) is 8.02. The van der Waals surface area contributed by atoms with E-state index in [1.807, 2.05) is 0 Å². The molecular weight excluding hydrogens is 242 g/mol. The van der Waals surface area contributed by atoms with Crippen LogP contribution >= 0.6 is 0 Å². The van der Waals surface area contributed by atoms with Crippen molar-refractivity contribution >= 4 is 22.7 Å². The van der Waals surface area contributed by atoms with Gasteiger partial charge in [-0.1, -0.05) is 6.92 Å². The molecule has 0 radical (unpaired) electrons. The molecule has 98 valence electrons. The van der Waals surface area contributed by atoms with E-state index in [0.717, 1.165) is 0 Å². The molecule has 1 N–H and O–H groups in total. The Morgan fingerprint density at radius 1 is 1.47 bits per heavy atom. The van der Waals surface area contributed by atoms with Gasteiger partial charge in [-0.15, -0.1) is 0 Å². The summed E-state index contributed by atoms with van der Waals surface area (Å²) in [6, 6.07) is 0. The standard InChI is InChI=1S/C11H19NO4S/c1-8(5-11(14)16-2)17(15)7-10(13)12-6-9-3-4-9/h8-9H,3-7H2,1-2H3,(H,12,13). The second-order valence-electron chi connectivity index (χ2n) is 4.36. The number of ether oxygens (including phenoxy) is 1. The van der Waals surface area contributed by atoms with Gasteiger partial charge in [-0.2, -0.15) is 0 Å². The lowest BCUT2D eigenvalue weighted by Gasteiger charge is -2.10. The zero-order valence-corrected chi connectivity index (χ0v) is 11.0. The number of carbonyl (C=O) groups excluding carboxylic acids is 2. The summed E-state index contributed by atoms with van der Waals surface area (Å²) in [4.78, 5) is 22.4. The smallest absolute Gasteiger partial charge is 0.306 e. The van der Waals surface area contributed by atoms with Crippen molar-refractivity contribution in [3.05, 3.63) is 0 Å². The van der Waals surface area contributed by atoms with Crippen LogP contribution in [0.3, 0.4) is 0 Å². The Bertz CT molecular complexity index is 315. The first-order valence-corrected chi connectivity index (χ1v) is 7.11. The first-order valence-electron chi connectivity index (χ1n) is 5.73. The summed E-state index contributed by atoms with van der Waals surface area (Å²) in [5.41, 5.74) is 0. The van der Waals surface area contributed by atoms with E-state index in [9.17, 15) is 13.8 Å². The van der Waals surface area contributed by atoms with Gasteiger partial charge in [-0.25, -0.2) is 0 Å².